The van der Waals surface area contributed by atoms with Crippen LogP contribution in [0.5, 0.6) is 11.5 Å². The van der Waals surface area contributed by atoms with Crippen molar-refractivity contribution < 1.29 is 19.4 Å². The average molecular weight is 312 g/mol. The summed E-state index contributed by atoms with van der Waals surface area (Å²) in [5.74, 6) is 0.837. The zero-order valence-electron chi connectivity index (χ0n) is 12.6. The molecule has 1 N–H and O–H groups in total. The Bertz CT molecular complexity index is 841. The van der Waals surface area contributed by atoms with E-state index in [0.717, 1.165) is 11.0 Å². The highest BCUT2D eigenvalue weighted by atomic mass is 16.5. The van der Waals surface area contributed by atoms with Gasteiger partial charge in [0.05, 0.1) is 18.1 Å². The largest absolute Gasteiger partial charge is 0.493 e. The maximum atomic E-state index is 11.1. The SMILES string of the molecule is COc1ccccc1OCc1nc2ccccc2n1CC(=O)O. The van der Waals surface area contributed by atoms with E-state index in [1.807, 2.05) is 36.4 Å². The fourth-order valence-electron chi connectivity index (χ4n) is 2.43. The minimum absolute atomic E-state index is 0.155. The Balaban J connectivity index is 1.91. The number of hydrogen-bond acceptors (Lipinski definition) is 4. The van der Waals surface area contributed by atoms with E-state index in [1.165, 1.54) is 0 Å². The van der Waals surface area contributed by atoms with E-state index >= 15 is 0 Å². The molecule has 0 saturated carbocycles. The van der Waals surface area contributed by atoms with Crippen LogP contribution in [0.25, 0.3) is 11.0 Å². The first-order chi connectivity index (χ1) is 11.2. The van der Waals surface area contributed by atoms with Gasteiger partial charge in [0.15, 0.2) is 11.5 Å². The molecule has 0 unspecified atom stereocenters. The highest BCUT2D eigenvalue weighted by Crippen LogP contribution is 2.27. The molecule has 0 spiro atoms. The van der Waals surface area contributed by atoms with E-state index in [1.54, 1.807) is 23.8 Å². The summed E-state index contributed by atoms with van der Waals surface area (Å²) >= 11 is 0. The predicted molar refractivity (Wildman–Crippen MR) is 84.7 cm³/mol. The van der Waals surface area contributed by atoms with Gasteiger partial charge < -0.3 is 19.1 Å². The van der Waals surface area contributed by atoms with Crippen LogP contribution in [-0.4, -0.2) is 27.7 Å². The van der Waals surface area contributed by atoms with Crippen molar-refractivity contribution in [1.82, 2.24) is 9.55 Å². The number of para-hydroxylation sites is 4. The number of rotatable bonds is 6. The quantitative estimate of drug-likeness (QED) is 0.757. The maximum absolute atomic E-state index is 11.1. The van der Waals surface area contributed by atoms with Gasteiger partial charge in [0.1, 0.15) is 19.0 Å². The third-order valence-electron chi connectivity index (χ3n) is 3.45. The zero-order chi connectivity index (χ0) is 16.2. The molecule has 6 heteroatoms. The van der Waals surface area contributed by atoms with Crippen LogP contribution in [0.15, 0.2) is 48.5 Å². The Labute approximate surface area is 132 Å². The fraction of sp³-hybridized carbons (Fsp3) is 0.176. The number of carbonyl (C=O) groups is 1. The van der Waals surface area contributed by atoms with Gasteiger partial charge in [-0.25, -0.2) is 4.98 Å². The minimum Gasteiger partial charge on any atom is -0.493 e. The molecule has 2 aromatic carbocycles. The topological polar surface area (TPSA) is 73.6 Å². The molecule has 1 aromatic heterocycles. The van der Waals surface area contributed by atoms with Crippen LogP contribution in [0.1, 0.15) is 5.82 Å². The van der Waals surface area contributed by atoms with Crippen molar-refractivity contribution in [2.75, 3.05) is 7.11 Å². The van der Waals surface area contributed by atoms with Crippen LogP contribution in [0.2, 0.25) is 0 Å². The number of benzene rings is 2. The lowest BCUT2D eigenvalue weighted by Crippen LogP contribution is -2.13. The first kappa shape index (κ1) is 14.9. The number of nitrogens with zero attached hydrogens (tertiary/aromatic N) is 2. The number of aromatic nitrogens is 2. The van der Waals surface area contributed by atoms with Gasteiger partial charge in [0, 0.05) is 0 Å². The summed E-state index contributed by atoms with van der Waals surface area (Å²) in [4.78, 5) is 15.6. The highest BCUT2D eigenvalue weighted by molar-refractivity contribution is 5.78. The van der Waals surface area contributed by atoms with Gasteiger partial charge in [-0.2, -0.15) is 0 Å². The van der Waals surface area contributed by atoms with E-state index in [0.29, 0.717) is 17.3 Å². The second-order valence-electron chi connectivity index (χ2n) is 4.94. The van der Waals surface area contributed by atoms with Crippen LogP contribution in [0.3, 0.4) is 0 Å². The summed E-state index contributed by atoms with van der Waals surface area (Å²) in [5.41, 5.74) is 1.51. The van der Waals surface area contributed by atoms with E-state index < -0.39 is 5.97 Å². The van der Waals surface area contributed by atoms with Gasteiger partial charge >= 0.3 is 5.97 Å². The minimum atomic E-state index is -0.924. The molecule has 6 nitrogen and oxygen atoms in total. The van der Waals surface area contributed by atoms with Crippen molar-refractivity contribution in [2.45, 2.75) is 13.2 Å². The standard InChI is InChI=1S/C17H16N2O4/c1-22-14-8-4-5-9-15(14)23-11-16-18-12-6-2-3-7-13(12)19(16)10-17(20)21/h2-9H,10-11H2,1H3,(H,20,21). The molecule has 0 radical (unpaired) electrons. The normalized spacial score (nSPS) is 10.7. The molecule has 3 rings (SSSR count). The van der Waals surface area contributed by atoms with E-state index in [4.69, 9.17) is 14.6 Å². The van der Waals surface area contributed by atoms with Crippen LogP contribution in [0, 0.1) is 0 Å². The Kier molecular flexibility index (Phi) is 4.14. The van der Waals surface area contributed by atoms with Crippen LogP contribution >= 0.6 is 0 Å². The summed E-state index contributed by atoms with van der Waals surface area (Å²) in [7, 11) is 1.57. The molecular weight excluding hydrogens is 296 g/mol. The number of aliphatic carboxylic acids is 1. The Morgan fingerprint density at radius 3 is 2.57 bits per heavy atom. The molecule has 1 heterocycles. The van der Waals surface area contributed by atoms with E-state index in [2.05, 4.69) is 4.98 Å². The average Bonchev–Trinajstić information content (AvgIpc) is 2.90. The molecule has 0 atom stereocenters. The van der Waals surface area contributed by atoms with Crippen LogP contribution in [-0.2, 0) is 17.9 Å². The first-order valence-corrected chi connectivity index (χ1v) is 7.11. The number of carboxylic acid groups (broad SMARTS) is 1. The summed E-state index contributed by atoms with van der Waals surface area (Å²) in [6.45, 7) is -0.00648. The molecule has 0 saturated heterocycles. The van der Waals surface area contributed by atoms with Gasteiger partial charge in [-0.3, -0.25) is 4.79 Å². The molecule has 118 valence electrons. The molecule has 3 aromatic rings. The molecule has 0 aliphatic carbocycles. The van der Waals surface area contributed by atoms with Gasteiger partial charge in [-0.15, -0.1) is 0 Å². The van der Waals surface area contributed by atoms with Crippen LogP contribution in [0.4, 0.5) is 0 Å². The molecule has 0 bridgehead atoms. The molecule has 0 amide bonds. The summed E-state index contributed by atoms with van der Waals surface area (Å²) in [5, 5.41) is 9.13. The lowest BCUT2D eigenvalue weighted by atomic mass is 10.3. The van der Waals surface area contributed by atoms with Crippen molar-refractivity contribution in [2.24, 2.45) is 0 Å². The number of ether oxygens (including phenoxy) is 2. The second-order valence-corrected chi connectivity index (χ2v) is 4.94. The van der Waals surface area contributed by atoms with Gasteiger partial charge in [-0.05, 0) is 24.3 Å². The van der Waals surface area contributed by atoms with Gasteiger partial charge in [0.2, 0.25) is 0 Å². The number of hydrogen-bond donors (Lipinski definition) is 1. The van der Waals surface area contributed by atoms with E-state index in [9.17, 15) is 4.79 Å². The number of imidazole rings is 1. The van der Waals surface area contributed by atoms with Crippen LogP contribution < -0.4 is 9.47 Å². The van der Waals surface area contributed by atoms with Crippen molar-refractivity contribution in [3.05, 3.63) is 54.4 Å². The summed E-state index contributed by atoms with van der Waals surface area (Å²) in [6, 6.07) is 14.7. The van der Waals surface area contributed by atoms with Crippen molar-refractivity contribution >= 4 is 17.0 Å². The third-order valence-corrected chi connectivity index (χ3v) is 3.45. The number of carboxylic acids is 1. The maximum Gasteiger partial charge on any atom is 0.323 e. The Morgan fingerprint density at radius 1 is 1.13 bits per heavy atom. The third kappa shape index (κ3) is 3.11. The monoisotopic (exact) mass is 312 g/mol. The number of fused-ring (bicyclic) bond motifs is 1. The van der Waals surface area contributed by atoms with Crippen molar-refractivity contribution in [1.29, 1.82) is 0 Å². The van der Waals surface area contributed by atoms with E-state index in [-0.39, 0.29) is 13.2 Å². The number of methoxy groups -OCH3 is 1. The van der Waals surface area contributed by atoms with Crippen molar-refractivity contribution in [3.63, 3.8) is 0 Å². The molecule has 0 aliphatic rings. The Hall–Kier alpha value is -3.02. The molecular formula is C17H16N2O4. The zero-order valence-corrected chi connectivity index (χ0v) is 12.6. The Morgan fingerprint density at radius 2 is 1.83 bits per heavy atom. The van der Waals surface area contributed by atoms with Gasteiger partial charge in [0.25, 0.3) is 0 Å². The lowest BCUT2D eigenvalue weighted by molar-refractivity contribution is -0.137. The predicted octanol–water partition coefficient (Wildman–Crippen LogP) is 2.71. The van der Waals surface area contributed by atoms with Crippen molar-refractivity contribution in [3.8, 4) is 11.5 Å². The molecule has 0 fully saturated rings. The summed E-state index contributed by atoms with van der Waals surface area (Å²) in [6.07, 6.45) is 0. The second kappa shape index (κ2) is 6.39. The van der Waals surface area contributed by atoms with Gasteiger partial charge in [-0.1, -0.05) is 24.3 Å². The summed E-state index contributed by atoms with van der Waals surface area (Å²) < 4.78 is 12.7. The fourth-order valence-corrected chi connectivity index (χ4v) is 2.43. The first-order valence-electron chi connectivity index (χ1n) is 7.11. The highest BCUT2D eigenvalue weighted by Gasteiger charge is 2.14. The lowest BCUT2D eigenvalue weighted by Gasteiger charge is -2.11. The molecule has 0 aliphatic heterocycles. The smallest absolute Gasteiger partial charge is 0.323 e. The molecule has 23 heavy (non-hydrogen) atoms.